The Morgan fingerprint density at radius 1 is 1.35 bits per heavy atom. The minimum absolute atomic E-state index is 0.00903. The smallest absolute Gasteiger partial charge is 0.234 e. The normalized spacial score (nSPS) is 22.0. The number of nitrogens with one attached hydrogen (secondary N) is 1. The van der Waals surface area contributed by atoms with Crippen LogP contribution in [0.2, 0.25) is 0 Å². The molecule has 17 heavy (non-hydrogen) atoms. The topological polar surface area (TPSA) is 66.5 Å². The first kappa shape index (κ1) is 14.4. The number of sulfone groups is 1. The predicted octanol–water partition coefficient (Wildman–Crippen LogP) is 0.0216. The van der Waals surface area contributed by atoms with Gasteiger partial charge in [0.05, 0.1) is 18.1 Å². The Morgan fingerprint density at radius 2 is 1.94 bits per heavy atom. The van der Waals surface area contributed by atoms with E-state index in [1.165, 1.54) is 0 Å². The lowest BCUT2D eigenvalue weighted by Crippen LogP contribution is -2.46. The quantitative estimate of drug-likeness (QED) is 0.758. The van der Waals surface area contributed by atoms with Crippen molar-refractivity contribution in [1.82, 2.24) is 10.2 Å². The Hall–Kier alpha value is -0.620. The Labute approximate surface area is 103 Å². The fourth-order valence-electron chi connectivity index (χ4n) is 1.94. The van der Waals surface area contributed by atoms with Crippen molar-refractivity contribution in [2.24, 2.45) is 0 Å². The number of rotatable bonds is 5. The van der Waals surface area contributed by atoms with Crippen molar-refractivity contribution in [3.05, 3.63) is 0 Å². The van der Waals surface area contributed by atoms with Gasteiger partial charge in [-0.25, -0.2) is 8.42 Å². The van der Waals surface area contributed by atoms with Gasteiger partial charge in [-0.3, -0.25) is 9.69 Å². The van der Waals surface area contributed by atoms with Gasteiger partial charge in [0.1, 0.15) is 0 Å². The van der Waals surface area contributed by atoms with Crippen LogP contribution in [0.3, 0.4) is 0 Å². The molecule has 0 spiro atoms. The van der Waals surface area contributed by atoms with Crippen molar-refractivity contribution in [3.8, 4) is 0 Å². The van der Waals surface area contributed by atoms with Crippen LogP contribution in [0.4, 0.5) is 0 Å². The second kappa shape index (κ2) is 6.35. The Balaban J connectivity index is 2.28. The van der Waals surface area contributed by atoms with Crippen LogP contribution in [0.5, 0.6) is 0 Å². The molecule has 0 unspecified atom stereocenters. The van der Waals surface area contributed by atoms with E-state index in [9.17, 15) is 13.2 Å². The van der Waals surface area contributed by atoms with Gasteiger partial charge in [0.2, 0.25) is 5.91 Å². The minimum Gasteiger partial charge on any atom is -0.353 e. The van der Waals surface area contributed by atoms with E-state index < -0.39 is 9.84 Å². The molecular formula is C11H22N2O3S. The fraction of sp³-hybridized carbons (Fsp3) is 0.909. The minimum atomic E-state index is -2.86. The lowest BCUT2D eigenvalue weighted by molar-refractivity contribution is -0.122. The highest BCUT2D eigenvalue weighted by atomic mass is 32.2. The maximum Gasteiger partial charge on any atom is 0.234 e. The molecule has 0 aromatic heterocycles. The largest absolute Gasteiger partial charge is 0.353 e. The van der Waals surface area contributed by atoms with E-state index in [2.05, 4.69) is 12.2 Å². The molecule has 0 radical (unpaired) electrons. The third-order valence-electron chi connectivity index (χ3n) is 2.93. The molecule has 0 saturated carbocycles. The van der Waals surface area contributed by atoms with Crippen LogP contribution in [0.15, 0.2) is 0 Å². The number of nitrogens with zero attached hydrogens (tertiary/aromatic N) is 1. The summed E-state index contributed by atoms with van der Waals surface area (Å²) < 4.78 is 22.4. The van der Waals surface area contributed by atoms with E-state index >= 15 is 0 Å². The molecule has 0 aromatic rings. The molecule has 1 N–H and O–H groups in total. The summed E-state index contributed by atoms with van der Waals surface area (Å²) in [5, 5.41) is 2.92. The van der Waals surface area contributed by atoms with Gasteiger partial charge in [-0.05, 0) is 13.3 Å². The monoisotopic (exact) mass is 262 g/mol. The first-order valence-electron chi connectivity index (χ1n) is 6.15. The van der Waals surface area contributed by atoms with Crippen LogP contribution in [0, 0.1) is 0 Å². The van der Waals surface area contributed by atoms with Gasteiger partial charge in [-0.2, -0.15) is 0 Å². The van der Waals surface area contributed by atoms with E-state index in [0.29, 0.717) is 19.6 Å². The van der Waals surface area contributed by atoms with Crippen molar-refractivity contribution in [2.45, 2.75) is 32.7 Å². The summed E-state index contributed by atoms with van der Waals surface area (Å²) in [6.07, 6.45) is 2.02. The molecule has 1 heterocycles. The van der Waals surface area contributed by atoms with Gasteiger partial charge in [0, 0.05) is 19.1 Å². The Morgan fingerprint density at radius 3 is 2.47 bits per heavy atom. The summed E-state index contributed by atoms with van der Waals surface area (Å²) in [6.45, 7) is 5.32. The number of amides is 1. The van der Waals surface area contributed by atoms with Crippen molar-refractivity contribution >= 4 is 15.7 Å². The van der Waals surface area contributed by atoms with Gasteiger partial charge in [0.15, 0.2) is 9.84 Å². The molecule has 1 saturated heterocycles. The fourth-order valence-corrected chi connectivity index (χ4v) is 3.21. The highest BCUT2D eigenvalue weighted by molar-refractivity contribution is 7.91. The van der Waals surface area contributed by atoms with Crippen LogP contribution in [-0.2, 0) is 14.6 Å². The number of hydrogen-bond donors (Lipinski definition) is 1. The van der Waals surface area contributed by atoms with Crippen LogP contribution < -0.4 is 5.32 Å². The maximum atomic E-state index is 11.7. The van der Waals surface area contributed by atoms with E-state index in [1.807, 2.05) is 11.8 Å². The van der Waals surface area contributed by atoms with Crippen LogP contribution >= 0.6 is 0 Å². The SMILES string of the molecule is CCC[C@@H](C)NC(=O)CN1CCS(=O)(=O)CC1. The second-order valence-electron chi connectivity index (χ2n) is 4.69. The molecule has 1 rings (SSSR count). The number of hydrogen-bond acceptors (Lipinski definition) is 4. The zero-order valence-electron chi connectivity index (χ0n) is 10.6. The zero-order chi connectivity index (χ0) is 12.9. The lowest BCUT2D eigenvalue weighted by atomic mass is 10.2. The highest BCUT2D eigenvalue weighted by Crippen LogP contribution is 2.03. The van der Waals surface area contributed by atoms with Crippen molar-refractivity contribution in [2.75, 3.05) is 31.1 Å². The van der Waals surface area contributed by atoms with Crippen LogP contribution in [0.1, 0.15) is 26.7 Å². The lowest BCUT2D eigenvalue weighted by Gasteiger charge is -2.26. The molecule has 0 aromatic carbocycles. The van der Waals surface area contributed by atoms with Crippen LogP contribution in [0.25, 0.3) is 0 Å². The average Bonchev–Trinajstić information content (AvgIpc) is 2.21. The molecule has 0 aliphatic carbocycles. The Kier molecular flexibility index (Phi) is 5.39. The summed E-state index contributed by atoms with van der Waals surface area (Å²) in [6, 6.07) is 0.195. The number of carbonyl (C=O) groups is 1. The van der Waals surface area contributed by atoms with E-state index in [-0.39, 0.29) is 23.5 Å². The molecule has 1 fully saturated rings. The van der Waals surface area contributed by atoms with Gasteiger partial charge < -0.3 is 5.32 Å². The molecule has 1 aliphatic rings. The van der Waals surface area contributed by atoms with Gasteiger partial charge >= 0.3 is 0 Å². The maximum absolute atomic E-state index is 11.7. The van der Waals surface area contributed by atoms with Crippen LogP contribution in [-0.4, -0.2) is 56.4 Å². The highest BCUT2D eigenvalue weighted by Gasteiger charge is 2.23. The van der Waals surface area contributed by atoms with Crippen molar-refractivity contribution < 1.29 is 13.2 Å². The number of carbonyl (C=O) groups excluding carboxylic acids is 1. The summed E-state index contributed by atoms with van der Waals surface area (Å²) in [4.78, 5) is 13.6. The van der Waals surface area contributed by atoms with Gasteiger partial charge in [0.25, 0.3) is 0 Å². The summed E-state index contributed by atoms with van der Waals surface area (Å²) in [5.74, 6) is 0.334. The standard InChI is InChI=1S/C11H22N2O3S/c1-3-4-10(2)12-11(14)9-13-5-7-17(15,16)8-6-13/h10H,3-9H2,1-2H3,(H,12,14)/t10-/m1/s1. The van der Waals surface area contributed by atoms with Crippen molar-refractivity contribution in [1.29, 1.82) is 0 Å². The molecule has 1 aliphatic heterocycles. The van der Waals surface area contributed by atoms with Gasteiger partial charge in [-0.15, -0.1) is 0 Å². The average molecular weight is 262 g/mol. The first-order valence-corrected chi connectivity index (χ1v) is 7.97. The van der Waals surface area contributed by atoms with Crippen molar-refractivity contribution in [3.63, 3.8) is 0 Å². The summed E-state index contributed by atoms with van der Waals surface area (Å²) in [5.41, 5.74) is 0. The molecule has 6 heteroatoms. The van der Waals surface area contributed by atoms with E-state index in [4.69, 9.17) is 0 Å². The van der Waals surface area contributed by atoms with Gasteiger partial charge in [-0.1, -0.05) is 13.3 Å². The first-order chi connectivity index (χ1) is 7.93. The molecule has 1 amide bonds. The summed E-state index contributed by atoms with van der Waals surface area (Å²) >= 11 is 0. The van der Waals surface area contributed by atoms with E-state index in [0.717, 1.165) is 12.8 Å². The Bertz CT molecular complexity index is 340. The molecule has 5 nitrogen and oxygen atoms in total. The third kappa shape index (κ3) is 5.50. The zero-order valence-corrected chi connectivity index (χ0v) is 11.4. The second-order valence-corrected chi connectivity index (χ2v) is 6.99. The molecule has 100 valence electrons. The van der Waals surface area contributed by atoms with E-state index in [1.54, 1.807) is 0 Å². The summed E-state index contributed by atoms with van der Waals surface area (Å²) in [7, 11) is -2.86. The predicted molar refractivity (Wildman–Crippen MR) is 67.6 cm³/mol. The molecular weight excluding hydrogens is 240 g/mol. The molecule has 1 atom stereocenters. The molecule has 0 bridgehead atoms. The third-order valence-corrected chi connectivity index (χ3v) is 4.54.